The summed E-state index contributed by atoms with van der Waals surface area (Å²) in [6.45, 7) is 0.233. The van der Waals surface area contributed by atoms with E-state index in [-0.39, 0.29) is 12.3 Å². The largest absolute Gasteiger partial charge is 0.241 e. The lowest BCUT2D eigenvalue weighted by atomic mass is 10.2. The summed E-state index contributed by atoms with van der Waals surface area (Å²) in [5.74, 6) is -0.146. The van der Waals surface area contributed by atoms with Gasteiger partial charge in [0.15, 0.2) is 0 Å². The van der Waals surface area contributed by atoms with Crippen molar-refractivity contribution in [2.45, 2.75) is 12.3 Å². The highest BCUT2D eigenvalue weighted by Gasteiger charge is 2.20. The van der Waals surface area contributed by atoms with E-state index in [4.69, 9.17) is 23.2 Å². The minimum atomic E-state index is -3.50. The number of halogens is 2. The van der Waals surface area contributed by atoms with E-state index < -0.39 is 10.0 Å². The summed E-state index contributed by atoms with van der Waals surface area (Å²) in [7, 11) is -1.95. The van der Waals surface area contributed by atoms with Crippen molar-refractivity contribution in [3.63, 3.8) is 0 Å². The van der Waals surface area contributed by atoms with Crippen molar-refractivity contribution in [1.29, 1.82) is 0 Å². The van der Waals surface area contributed by atoms with Crippen LogP contribution in [0.25, 0.3) is 5.69 Å². The Morgan fingerprint density at radius 1 is 1.04 bits per heavy atom. The van der Waals surface area contributed by atoms with Gasteiger partial charge < -0.3 is 0 Å². The SMILES string of the molecule is CN(Cc1cnn(-c2ccccc2)c1)S(=O)(=O)Cc1ccc(Cl)c(Cl)c1. The van der Waals surface area contributed by atoms with Crippen LogP contribution >= 0.6 is 23.2 Å². The molecule has 0 aliphatic rings. The van der Waals surface area contributed by atoms with Gasteiger partial charge in [-0.15, -0.1) is 0 Å². The molecule has 0 aliphatic carbocycles. The second-order valence-electron chi connectivity index (χ2n) is 5.89. The molecule has 0 saturated heterocycles. The Labute approximate surface area is 162 Å². The van der Waals surface area contributed by atoms with Crippen LogP contribution in [0.1, 0.15) is 11.1 Å². The first-order valence-electron chi connectivity index (χ1n) is 7.82. The van der Waals surface area contributed by atoms with Crippen molar-refractivity contribution in [3.05, 3.63) is 82.1 Å². The molecule has 3 aromatic rings. The summed E-state index contributed by atoms with van der Waals surface area (Å²) >= 11 is 11.8. The molecule has 8 heteroatoms. The van der Waals surface area contributed by atoms with E-state index in [0.29, 0.717) is 15.6 Å². The standard InChI is InChI=1S/C18H17Cl2N3O2S/c1-22(26(24,25)13-14-7-8-17(19)18(20)9-14)11-15-10-21-23(12-15)16-5-3-2-4-6-16/h2-10,12H,11,13H2,1H3. The highest BCUT2D eigenvalue weighted by Crippen LogP contribution is 2.24. The van der Waals surface area contributed by atoms with Gasteiger partial charge in [-0.05, 0) is 29.8 Å². The molecule has 0 radical (unpaired) electrons. The van der Waals surface area contributed by atoms with Gasteiger partial charge in [-0.25, -0.2) is 17.4 Å². The number of sulfonamides is 1. The Bertz CT molecular complexity index is 1000. The van der Waals surface area contributed by atoms with Crippen LogP contribution in [-0.2, 0) is 22.3 Å². The third-order valence-electron chi connectivity index (χ3n) is 3.87. The molecule has 0 fully saturated rings. The number of nitrogens with zero attached hydrogens (tertiary/aromatic N) is 3. The number of hydrogen-bond donors (Lipinski definition) is 0. The summed E-state index contributed by atoms with van der Waals surface area (Å²) in [6.07, 6.45) is 3.48. The van der Waals surface area contributed by atoms with Crippen LogP contribution < -0.4 is 0 Å². The van der Waals surface area contributed by atoms with Gasteiger partial charge in [-0.2, -0.15) is 5.10 Å². The van der Waals surface area contributed by atoms with Crippen LogP contribution in [0.3, 0.4) is 0 Å². The number of aromatic nitrogens is 2. The highest BCUT2D eigenvalue weighted by atomic mass is 35.5. The molecular weight excluding hydrogens is 393 g/mol. The number of hydrogen-bond acceptors (Lipinski definition) is 3. The molecule has 0 aliphatic heterocycles. The van der Waals surface area contributed by atoms with Gasteiger partial charge in [0.2, 0.25) is 10.0 Å². The second kappa shape index (κ2) is 7.80. The summed E-state index contributed by atoms with van der Waals surface area (Å²) in [4.78, 5) is 0. The van der Waals surface area contributed by atoms with E-state index in [1.165, 1.54) is 4.31 Å². The van der Waals surface area contributed by atoms with Crippen molar-refractivity contribution >= 4 is 33.2 Å². The van der Waals surface area contributed by atoms with Gasteiger partial charge in [0.25, 0.3) is 0 Å². The van der Waals surface area contributed by atoms with Crippen molar-refractivity contribution in [2.24, 2.45) is 0 Å². The van der Waals surface area contributed by atoms with E-state index in [1.807, 2.05) is 36.5 Å². The molecule has 0 N–H and O–H groups in total. The lowest BCUT2D eigenvalue weighted by Gasteiger charge is -2.16. The smallest absolute Gasteiger partial charge is 0.218 e. The van der Waals surface area contributed by atoms with E-state index >= 15 is 0 Å². The molecular formula is C18H17Cl2N3O2S. The Hall–Kier alpha value is -1.86. The normalized spacial score (nSPS) is 11.8. The van der Waals surface area contributed by atoms with Crippen LogP contribution in [0.4, 0.5) is 0 Å². The molecule has 0 unspecified atom stereocenters. The molecule has 0 amide bonds. The van der Waals surface area contributed by atoms with Crippen molar-refractivity contribution in [1.82, 2.24) is 14.1 Å². The minimum Gasteiger partial charge on any atom is -0.241 e. The molecule has 0 atom stereocenters. The fraction of sp³-hybridized carbons (Fsp3) is 0.167. The van der Waals surface area contributed by atoms with Gasteiger partial charge in [0.1, 0.15) is 0 Å². The Morgan fingerprint density at radius 2 is 1.77 bits per heavy atom. The van der Waals surface area contributed by atoms with Gasteiger partial charge in [-0.1, -0.05) is 47.5 Å². The predicted octanol–water partition coefficient (Wildman–Crippen LogP) is 4.14. The first kappa shape index (κ1) is 18.9. The van der Waals surface area contributed by atoms with Crippen LogP contribution in [-0.4, -0.2) is 29.6 Å². The van der Waals surface area contributed by atoms with Gasteiger partial charge in [0.05, 0.1) is 27.7 Å². The maximum absolute atomic E-state index is 12.6. The van der Waals surface area contributed by atoms with Gasteiger partial charge >= 0.3 is 0 Å². The lowest BCUT2D eigenvalue weighted by Crippen LogP contribution is -2.27. The highest BCUT2D eigenvalue weighted by molar-refractivity contribution is 7.88. The van der Waals surface area contributed by atoms with Crippen LogP contribution in [0.15, 0.2) is 60.9 Å². The van der Waals surface area contributed by atoms with Crippen LogP contribution in [0.5, 0.6) is 0 Å². The van der Waals surface area contributed by atoms with Crippen LogP contribution in [0, 0.1) is 0 Å². The molecule has 5 nitrogen and oxygen atoms in total. The average molecular weight is 410 g/mol. The zero-order chi connectivity index (χ0) is 18.7. The number of benzene rings is 2. The molecule has 1 heterocycles. The Kier molecular flexibility index (Phi) is 5.67. The fourth-order valence-electron chi connectivity index (χ4n) is 2.47. The molecule has 0 saturated carbocycles. The lowest BCUT2D eigenvalue weighted by molar-refractivity contribution is 0.466. The van der Waals surface area contributed by atoms with E-state index in [2.05, 4.69) is 5.10 Å². The van der Waals surface area contributed by atoms with E-state index in [9.17, 15) is 8.42 Å². The van der Waals surface area contributed by atoms with Crippen molar-refractivity contribution in [2.75, 3.05) is 7.05 Å². The predicted molar refractivity (Wildman–Crippen MR) is 104 cm³/mol. The summed E-state index contributed by atoms with van der Waals surface area (Å²) in [6, 6.07) is 14.5. The number of para-hydroxylation sites is 1. The fourth-order valence-corrected chi connectivity index (χ4v) is 3.96. The summed E-state index contributed by atoms with van der Waals surface area (Å²) in [5, 5.41) is 5.03. The van der Waals surface area contributed by atoms with E-state index in [0.717, 1.165) is 11.3 Å². The second-order valence-corrected chi connectivity index (χ2v) is 8.78. The Morgan fingerprint density at radius 3 is 2.46 bits per heavy atom. The molecule has 3 rings (SSSR count). The monoisotopic (exact) mass is 409 g/mol. The third-order valence-corrected chi connectivity index (χ3v) is 6.39. The molecule has 0 spiro atoms. The topological polar surface area (TPSA) is 55.2 Å². The first-order chi connectivity index (χ1) is 12.3. The Balaban J connectivity index is 1.71. The molecule has 136 valence electrons. The summed E-state index contributed by atoms with van der Waals surface area (Å²) < 4.78 is 28.2. The quantitative estimate of drug-likeness (QED) is 0.614. The number of rotatable bonds is 6. The zero-order valence-electron chi connectivity index (χ0n) is 14.0. The van der Waals surface area contributed by atoms with Crippen molar-refractivity contribution in [3.8, 4) is 5.69 Å². The maximum Gasteiger partial charge on any atom is 0.218 e. The van der Waals surface area contributed by atoms with Gasteiger partial charge in [-0.3, -0.25) is 0 Å². The molecule has 2 aromatic carbocycles. The average Bonchev–Trinajstić information content (AvgIpc) is 3.07. The zero-order valence-corrected chi connectivity index (χ0v) is 16.3. The first-order valence-corrected chi connectivity index (χ1v) is 10.2. The molecule has 0 bridgehead atoms. The van der Waals surface area contributed by atoms with Crippen molar-refractivity contribution < 1.29 is 8.42 Å². The molecule has 26 heavy (non-hydrogen) atoms. The van der Waals surface area contributed by atoms with Crippen LogP contribution in [0.2, 0.25) is 10.0 Å². The van der Waals surface area contributed by atoms with E-state index in [1.54, 1.807) is 36.1 Å². The molecule has 1 aromatic heterocycles. The maximum atomic E-state index is 12.6. The van der Waals surface area contributed by atoms with Gasteiger partial charge in [0, 0.05) is 25.4 Å². The summed E-state index contributed by atoms with van der Waals surface area (Å²) in [5.41, 5.74) is 2.31. The minimum absolute atomic E-state index is 0.146. The third kappa shape index (κ3) is 4.45.